The number of hydrogen-bond acceptors (Lipinski definition) is 3. The average molecular weight is 276 g/mol. The van der Waals surface area contributed by atoms with Gasteiger partial charge >= 0.3 is 11.8 Å². The molecule has 0 aliphatic carbocycles. The highest BCUT2D eigenvalue weighted by molar-refractivity contribution is 6.40. The van der Waals surface area contributed by atoms with Gasteiger partial charge in [-0.15, -0.1) is 0 Å². The minimum absolute atomic E-state index is 0.0199. The van der Waals surface area contributed by atoms with Gasteiger partial charge in [0.15, 0.2) is 0 Å². The number of carbonyl (C=O) groups excluding carboxylic acids is 2. The molecule has 0 aromatic heterocycles. The number of rotatable bonds is 3. The van der Waals surface area contributed by atoms with Crippen LogP contribution in [-0.4, -0.2) is 48.6 Å². The zero-order valence-corrected chi connectivity index (χ0v) is 12.1. The molecule has 2 amide bonds. The van der Waals surface area contributed by atoms with Crippen LogP contribution in [-0.2, 0) is 15.0 Å². The van der Waals surface area contributed by atoms with Crippen LogP contribution in [0.5, 0.6) is 0 Å². The SMILES string of the molecule is CN1CCN(c2cccc(C(C)(C)CO)c2)C(=O)C1=O. The summed E-state index contributed by atoms with van der Waals surface area (Å²) in [6.45, 7) is 4.90. The minimum atomic E-state index is -0.502. The summed E-state index contributed by atoms with van der Waals surface area (Å²) in [5.74, 6) is -0.985. The first kappa shape index (κ1) is 14.5. The minimum Gasteiger partial charge on any atom is -0.395 e. The predicted molar refractivity (Wildman–Crippen MR) is 76.5 cm³/mol. The van der Waals surface area contributed by atoms with Crippen LogP contribution in [0.3, 0.4) is 0 Å². The van der Waals surface area contributed by atoms with Crippen molar-refractivity contribution >= 4 is 17.5 Å². The molecule has 0 bridgehead atoms. The molecule has 20 heavy (non-hydrogen) atoms. The van der Waals surface area contributed by atoms with E-state index in [4.69, 9.17) is 0 Å². The van der Waals surface area contributed by atoms with Gasteiger partial charge in [-0.3, -0.25) is 9.59 Å². The first-order chi connectivity index (χ1) is 9.36. The third-order valence-corrected chi connectivity index (χ3v) is 3.77. The van der Waals surface area contributed by atoms with E-state index in [1.807, 2.05) is 38.1 Å². The lowest BCUT2D eigenvalue weighted by molar-refractivity contribution is -0.145. The summed E-state index contributed by atoms with van der Waals surface area (Å²) in [5.41, 5.74) is 1.27. The van der Waals surface area contributed by atoms with E-state index in [2.05, 4.69) is 0 Å². The zero-order valence-electron chi connectivity index (χ0n) is 12.1. The maximum absolute atomic E-state index is 12.1. The van der Waals surface area contributed by atoms with Crippen molar-refractivity contribution in [1.29, 1.82) is 0 Å². The van der Waals surface area contributed by atoms with Gasteiger partial charge in [0.05, 0.1) is 6.61 Å². The summed E-state index contributed by atoms with van der Waals surface area (Å²) in [5, 5.41) is 9.44. The Kier molecular flexibility index (Phi) is 3.81. The van der Waals surface area contributed by atoms with Crippen LogP contribution in [0.15, 0.2) is 24.3 Å². The van der Waals surface area contributed by atoms with Crippen molar-refractivity contribution in [3.8, 4) is 0 Å². The van der Waals surface area contributed by atoms with Gasteiger partial charge in [-0.1, -0.05) is 26.0 Å². The summed E-state index contributed by atoms with van der Waals surface area (Å²) >= 11 is 0. The quantitative estimate of drug-likeness (QED) is 0.829. The van der Waals surface area contributed by atoms with Crippen LogP contribution in [0, 0.1) is 0 Å². The fraction of sp³-hybridized carbons (Fsp3) is 0.467. The Balaban J connectivity index is 2.32. The van der Waals surface area contributed by atoms with E-state index in [-0.39, 0.29) is 12.0 Å². The summed E-state index contributed by atoms with van der Waals surface area (Å²) in [6, 6.07) is 7.44. The van der Waals surface area contributed by atoms with Crippen molar-refractivity contribution in [1.82, 2.24) is 4.90 Å². The van der Waals surface area contributed by atoms with E-state index in [0.29, 0.717) is 18.8 Å². The second kappa shape index (κ2) is 5.25. The van der Waals surface area contributed by atoms with Crippen molar-refractivity contribution in [2.24, 2.45) is 0 Å². The Morgan fingerprint density at radius 3 is 2.55 bits per heavy atom. The second-order valence-electron chi connectivity index (χ2n) is 5.78. The Bertz CT molecular complexity index is 540. The van der Waals surface area contributed by atoms with Crippen LogP contribution in [0.4, 0.5) is 5.69 Å². The number of nitrogens with zero attached hydrogens (tertiary/aromatic N) is 2. The highest BCUT2D eigenvalue weighted by Crippen LogP contribution is 2.27. The van der Waals surface area contributed by atoms with Gasteiger partial charge < -0.3 is 14.9 Å². The second-order valence-corrected chi connectivity index (χ2v) is 5.78. The summed E-state index contributed by atoms with van der Waals surface area (Å²) in [4.78, 5) is 26.7. The van der Waals surface area contributed by atoms with Crippen molar-refractivity contribution < 1.29 is 14.7 Å². The molecule has 1 N–H and O–H groups in total. The lowest BCUT2D eigenvalue weighted by atomic mass is 9.85. The van der Waals surface area contributed by atoms with Crippen molar-refractivity contribution in [2.45, 2.75) is 19.3 Å². The largest absolute Gasteiger partial charge is 0.395 e. The van der Waals surface area contributed by atoms with Crippen LogP contribution in [0.1, 0.15) is 19.4 Å². The molecule has 1 heterocycles. The van der Waals surface area contributed by atoms with E-state index < -0.39 is 11.8 Å². The predicted octanol–water partition coefficient (Wildman–Crippen LogP) is 0.761. The molecule has 0 saturated carbocycles. The number of benzene rings is 1. The molecule has 1 fully saturated rings. The van der Waals surface area contributed by atoms with Gasteiger partial charge in [0, 0.05) is 31.2 Å². The molecule has 1 aromatic carbocycles. The average Bonchev–Trinajstić information content (AvgIpc) is 2.45. The Morgan fingerprint density at radius 2 is 1.90 bits per heavy atom. The Labute approximate surface area is 118 Å². The Hall–Kier alpha value is -1.88. The smallest absolute Gasteiger partial charge is 0.316 e. The highest BCUT2D eigenvalue weighted by atomic mass is 16.3. The first-order valence-corrected chi connectivity index (χ1v) is 6.65. The molecule has 5 nitrogen and oxygen atoms in total. The lowest BCUT2D eigenvalue weighted by Gasteiger charge is -2.32. The number of piperazine rings is 1. The number of carbonyl (C=O) groups is 2. The maximum atomic E-state index is 12.1. The molecule has 1 saturated heterocycles. The highest BCUT2D eigenvalue weighted by Gasteiger charge is 2.31. The maximum Gasteiger partial charge on any atom is 0.316 e. The van der Waals surface area contributed by atoms with E-state index in [0.717, 1.165) is 5.56 Å². The van der Waals surface area contributed by atoms with Gasteiger partial charge in [0.1, 0.15) is 0 Å². The van der Waals surface area contributed by atoms with E-state index in [1.54, 1.807) is 7.05 Å². The first-order valence-electron chi connectivity index (χ1n) is 6.65. The van der Waals surface area contributed by atoms with Crippen LogP contribution in [0.25, 0.3) is 0 Å². The molecule has 0 atom stereocenters. The van der Waals surface area contributed by atoms with Gasteiger partial charge in [-0.05, 0) is 17.7 Å². The molecular weight excluding hydrogens is 256 g/mol. The van der Waals surface area contributed by atoms with Gasteiger partial charge in [0.25, 0.3) is 0 Å². The molecule has 0 unspecified atom stereocenters. The normalized spacial score (nSPS) is 16.8. The zero-order chi connectivity index (χ0) is 14.9. The van der Waals surface area contributed by atoms with Gasteiger partial charge in [-0.2, -0.15) is 0 Å². The third kappa shape index (κ3) is 2.54. The van der Waals surface area contributed by atoms with E-state index in [9.17, 15) is 14.7 Å². The van der Waals surface area contributed by atoms with Crippen LogP contribution < -0.4 is 4.90 Å². The molecule has 108 valence electrons. The summed E-state index contributed by atoms with van der Waals surface area (Å²) in [7, 11) is 1.63. The number of aliphatic hydroxyl groups excluding tert-OH is 1. The lowest BCUT2D eigenvalue weighted by Crippen LogP contribution is -2.53. The number of amides is 2. The van der Waals surface area contributed by atoms with Crippen molar-refractivity contribution in [3.05, 3.63) is 29.8 Å². The molecular formula is C15H20N2O3. The monoisotopic (exact) mass is 276 g/mol. The van der Waals surface area contributed by atoms with Crippen molar-refractivity contribution in [3.63, 3.8) is 0 Å². The third-order valence-electron chi connectivity index (χ3n) is 3.77. The number of hydrogen-bond donors (Lipinski definition) is 1. The molecule has 0 radical (unpaired) electrons. The van der Waals surface area contributed by atoms with E-state index in [1.165, 1.54) is 9.80 Å². The molecule has 2 rings (SSSR count). The molecule has 1 aliphatic heterocycles. The number of likely N-dealkylation sites (N-methyl/N-ethyl adjacent to an activating group) is 1. The molecule has 1 aliphatic rings. The summed E-state index contributed by atoms with van der Waals surface area (Å²) < 4.78 is 0. The van der Waals surface area contributed by atoms with Crippen LogP contribution in [0.2, 0.25) is 0 Å². The van der Waals surface area contributed by atoms with Gasteiger partial charge in [0.2, 0.25) is 0 Å². The molecule has 0 spiro atoms. The topological polar surface area (TPSA) is 60.9 Å². The van der Waals surface area contributed by atoms with E-state index >= 15 is 0 Å². The fourth-order valence-electron chi connectivity index (χ4n) is 2.16. The standard InChI is InChI=1S/C15H20N2O3/c1-15(2,10-18)11-5-4-6-12(9-11)17-8-7-16(3)13(19)14(17)20/h4-6,9,18H,7-8,10H2,1-3H3. The number of aliphatic hydroxyl groups is 1. The molecule has 5 heteroatoms. The molecule has 1 aromatic rings. The fourth-order valence-corrected chi connectivity index (χ4v) is 2.16. The number of anilines is 1. The van der Waals surface area contributed by atoms with Crippen molar-refractivity contribution in [2.75, 3.05) is 31.6 Å². The van der Waals surface area contributed by atoms with Crippen LogP contribution >= 0.6 is 0 Å². The van der Waals surface area contributed by atoms with Gasteiger partial charge in [-0.25, -0.2) is 0 Å². The summed E-state index contributed by atoms with van der Waals surface area (Å²) in [6.07, 6.45) is 0. The Morgan fingerprint density at radius 1 is 1.20 bits per heavy atom.